The fraction of sp³-hybridized carbons (Fsp3) is 0.318. The molecule has 2 aromatic carbocycles. The quantitative estimate of drug-likeness (QED) is 0.687. The molecule has 2 aromatic rings. The van der Waals surface area contributed by atoms with Crippen LogP contribution < -0.4 is 4.72 Å². The number of nitrogens with zero attached hydrogens (tertiary/aromatic N) is 1. The number of nitrogens with one attached hydrogen (secondary N) is 1. The van der Waals surface area contributed by atoms with Crippen LogP contribution in [0.15, 0.2) is 59.5 Å². The van der Waals surface area contributed by atoms with Crippen LogP contribution in [0.25, 0.3) is 6.08 Å². The Morgan fingerprint density at radius 2 is 1.68 bits per heavy atom. The van der Waals surface area contributed by atoms with Crippen LogP contribution >= 0.6 is 11.6 Å². The fourth-order valence-corrected chi connectivity index (χ4v) is 4.95. The van der Waals surface area contributed by atoms with Crippen molar-refractivity contribution in [3.8, 4) is 0 Å². The maximum Gasteiger partial charge on any atom is 0.261 e. The summed E-state index contributed by atoms with van der Waals surface area (Å²) in [7, 11) is -3.77. The zero-order valence-electron chi connectivity index (χ0n) is 16.8. The standard InChI is InChI=1S/C22H23ClN2O5S/c23-19-3-1-2-4-20(19)24-31(27,28)18-8-5-17(6-9-18)7-10-21(26)25-13-11-22(12-14-25)29-15-16-30-22/h1-10,24H,11-16H2/b10-7+. The molecule has 0 aromatic heterocycles. The zero-order chi connectivity index (χ0) is 21.9. The number of ether oxygens (including phenoxy) is 2. The van der Waals surface area contributed by atoms with Gasteiger partial charge in [0.2, 0.25) is 5.91 Å². The van der Waals surface area contributed by atoms with E-state index in [4.69, 9.17) is 21.1 Å². The van der Waals surface area contributed by atoms with Crippen molar-refractivity contribution < 1.29 is 22.7 Å². The summed E-state index contributed by atoms with van der Waals surface area (Å²) >= 11 is 6.03. The minimum atomic E-state index is -3.77. The Morgan fingerprint density at radius 1 is 1.03 bits per heavy atom. The second-order valence-corrected chi connectivity index (χ2v) is 9.51. The Morgan fingerprint density at radius 3 is 2.32 bits per heavy atom. The number of amides is 1. The van der Waals surface area contributed by atoms with Gasteiger partial charge in [0.1, 0.15) is 0 Å². The summed E-state index contributed by atoms with van der Waals surface area (Å²) < 4.78 is 39.0. The molecular formula is C22H23ClN2O5S. The number of rotatable bonds is 5. The van der Waals surface area contributed by atoms with E-state index in [0.717, 1.165) is 5.56 Å². The highest BCUT2D eigenvalue weighted by Gasteiger charge is 2.40. The summed E-state index contributed by atoms with van der Waals surface area (Å²) in [6, 6.07) is 12.9. The van der Waals surface area contributed by atoms with Gasteiger partial charge in [-0.05, 0) is 35.9 Å². The van der Waals surface area contributed by atoms with E-state index in [1.807, 2.05) is 0 Å². The van der Waals surface area contributed by atoms with Crippen LogP contribution in [-0.2, 0) is 24.3 Å². The number of anilines is 1. The van der Waals surface area contributed by atoms with Crippen molar-refractivity contribution in [3.63, 3.8) is 0 Å². The van der Waals surface area contributed by atoms with Gasteiger partial charge in [-0.2, -0.15) is 0 Å². The van der Waals surface area contributed by atoms with Gasteiger partial charge in [-0.3, -0.25) is 9.52 Å². The molecule has 9 heteroatoms. The van der Waals surface area contributed by atoms with Crippen molar-refractivity contribution in [3.05, 3.63) is 65.2 Å². The minimum absolute atomic E-state index is 0.0927. The first-order valence-electron chi connectivity index (χ1n) is 9.99. The van der Waals surface area contributed by atoms with Crippen molar-refractivity contribution in [2.45, 2.75) is 23.5 Å². The van der Waals surface area contributed by atoms with Crippen LogP contribution in [0.2, 0.25) is 5.02 Å². The molecule has 2 heterocycles. The maximum atomic E-state index is 12.6. The molecule has 1 amide bonds. The summed E-state index contributed by atoms with van der Waals surface area (Å²) in [5.74, 6) is -0.607. The van der Waals surface area contributed by atoms with Crippen LogP contribution in [0, 0.1) is 0 Å². The molecule has 2 aliphatic heterocycles. The Bertz CT molecular complexity index is 1070. The van der Waals surface area contributed by atoms with Gasteiger partial charge in [0, 0.05) is 32.0 Å². The van der Waals surface area contributed by atoms with Gasteiger partial charge in [0.05, 0.1) is 28.8 Å². The van der Waals surface area contributed by atoms with Gasteiger partial charge in [-0.25, -0.2) is 8.42 Å². The van der Waals surface area contributed by atoms with Gasteiger partial charge < -0.3 is 14.4 Å². The normalized spacial score (nSPS) is 18.5. The lowest BCUT2D eigenvalue weighted by Crippen LogP contribution is -2.46. The number of carbonyl (C=O) groups excluding carboxylic acids is 1. The number of halogens is 1. The maximum absolute atomic E-state index is 12.6. The molecule has 0 saturated carbocycles. The van der Waals surface area contributed by atoms with Crippen LogP contribution in [0.4, 0.5) is 5.69 Å². The SMILES string of the molecule is O=C(/C=C/c1ccc(S(=O)(=O)Nc2ccccc2Cl)cc1)N1CCC2(CC1)OCCO2. The van der Waals surface area contributed by atoms with E-state index in [9.17, 15) is 13.2 Å². The molecule has 2 fully saturated rings. The van der Waals surface area contributed by atoms with Crippen molar-refractivity contribution in [1.82, 2.24) is 4.90 Å². The Hall–Kier alpha value is -2.39. The van der Waals surface area contributed by atoms with Crippen LogP contribution in [0.5, 0.6) is 0 Å². The first kappa shape index (κ1) is 21.8. The molecule has 7 nitrogen and oxygen atoms in total. The average Bonchev–Trinajstić information content (AvgIpc) is 3.22. The third kappa shape index (κ3) is 5.10. The van der Waals surface area contributed by atoms with Crippen molar-refractivity contribution >= 4 is 39.3 Å². The molecule has 0 bridgehead atoms. The second kappa shape index (κ2) is 9.00. The highest BCUT2D eigenvalue weighted by atomic mass is 35.5. The average molecular weight is 463 g/mol. The van der Waals surface area contributed by atoms with Gasteiger partial charge in [0.15, 0.2) is 5.79 Å². The number of hydrogen-bond acceptors (Lipinski definition) is 5. The number of carbonyl (C=O) groups is 1. The predicted molar refractivity (Wildman–Crippen MR) is 118 cm³/mol. The Kier molecular flexibility index (Phi) is 6.34. The number of piperidine rings is 1. The van der Waals surface area contributed by atoms with E-state index >= 15 is 0 Å². The number of likely N-dealkylation sites (tertiary alicyclic amines) is 1. The lowest BCUT2D eigenvalue weighted by molar-refractivity contribution is -0.186. The van der Waals surface area contributed by atoms with Gasteiger partial charge in [-0.15, -0.1) is 0 Å². The zero-order valence-corrected chi connectivity index (χ0v) is 18.4. The Balaban J connectivity index is 1.36. The number of para-hydroxylation sites is 1. The predicted octanol–water partition coefficient (Wildman–Crippen LogP) is 3.52. The van der Waals surface area contributed by atoms with Crippen molar-refractivity contribution in [2.75, 3.05) is 31.0 Å². The monoisotopic (exact) mass is 462 g/mol. The second-order valence-electron chi connectivity index (χ2n) is 7.42. The first-order chi connectivity index (χ1) is 14.9. The highest BCUT2D eigenvalue weighted by molar-refractivity contribution is 7.92. The summed E-state index contributed by atoms with van der Waals surface area (Å²) in [5.41, 5.74) is 1.04. The molecular weight excluding hydrogens is 440 g/mol. The van der Waals surface area contributed by atoms with Crippen LogP contribution in [0.3, 0.4) is 0 Å². The van der Waals surface area contributed by atoms with Crippen molar-refractivity contribution in [2.24, 2.45) is 0 Å². The van der Waals surface area contributed by atoms with Gasteiger partial charge >= 0.3 is 0 Å². The fourth-order valence-electron chi connectivity index (χ4n) is 3.63. The molecule has 0 radical (unpaired) electrons. The molecule has 0 aliphatic carbocycles. The lowest BCUT2D eigenvalue weighted by Gasteiger charge is -2.37. The summed E-state index contributed by atoms with van der Waals surface area (Å²) in [6.07, 6.45) is 4.50. The van der Waals surface area contributed by atoms with Crippen molar-refractivity contribution in [1.29, 1.82) is 0 Å². The third-order valence-electron chi connectivity index (χ3n) is 5.38. The Labute approximate surface area is 186 Å². The third-order valence-corrected chi connectivity index (χ3v) is 7.09. The molecule has 0 unspecified atom stereocenters. The smallest absolute Gasteiger partial charge is 0.261 e. The van der Waals surface area contributed by atoms with Crippen LogP contribution in [0.1, 0.15) is 18.4 Å². The van der Waals surface area contributed by atoms with E-state index in [1.54, 1.807) is 47.4 Å². The minimum Gasteiger partial charge on any atom is -0.347 e. The van der Waals surface area contributed by atoms with E-state index in [1.165, 1.54) is 18.2 Å². The highest BCUT2D eigenvalue weighted by Crippen LogP contribution is 2.31. The number of hydrogen-bond donors (Lipinski definition) is 1. The van der Waals surface area contributed by atoms with Gasteiger partial charge in [-0.1, -0.05) is 35.9 Å². The molecule has 2 aliphatic rings. The molecule has 1 spiro atoms. The molecule has 2 saturated heterocycles. The molecule has 4 rings (SSSR count). The molecule has 0 atom stereocenters. The summed E-state index contributed by atoms with van der Waals surface area (Å²) in [6.45, 7) is 2.36. The molecule has 164 valence electrons. The van der Waals surface area contributed by atoms with Crippen LogP contribution in [-0.4, -0.2) is 51.3 Å². The summed E-state index contributed by atoms with van der Waals surface area (Å²) in [4.78, 5) is 14.3. The van der Waals surface area contributed by atoms with E-state index in [0.29, 0.717) is 49.9 Å². The number of benzene rings is 2. The molecule has 1 N–H and O–H groups in total. The van der Waals surface area contributed by atoms with E-state index < -0.39 is 15.8 Å². The topological polar surface area (TPSA) is 84.9 Å². The van der Waals surface area contributed by atoms with E-state index in [-0.39, 0.29) is 10.8 Å². The summed E-state index contributed by atoms with van der Waals surface area (Å²) in [5, 5.41) is 0.318. The van der Waals surface area contributed by atoms with Gasteiger partial charge in [0.25, 0.3) is 10.0 Å². The lowest BCUT2D eigenvalue weighted by atomic mass is 10.0. The largest absolute Gasteiger partial charge is 0.347 e. The number of sulfonamides is 1. The van der Waals surface area contributed by atoms with E-state index in [2.05, 4.69) is 4.72 Å². The first-order valence-corrected chi connectivity index (χ1v) is 11.9. The molecule has 31 heavy (non-hydrogen) atoms.